The van der Waals surface area contributed by atoms with Gasteiger partial charge in [0.1, 0.15) is 7.85 Å². The summed E-state index contributed by atoms with van der Waals surface area (Å²) in [6, 6.07) is 15.4. The number of piperidine rings is 2. The predicted octanol–water partition coefficient (Wildman–Crippen LogP) is 2.08. The number of halogens is 1. The first kappa shape index (κ1) is 31.6. The molecule has 0 spiro atoms. The van der Waals surface area contributed by atoms with Crippen LogP contribution in [0.25, 0.3) is 11.4 Å². The van der Waals surface area contributed by atoms with E-state index >= 15 is 0 Å². The minimum atomic E-state index is -0.955. The van der Waals surface area contributed by atoms with Crippen LogP contribution < -0.4 is 16.5 Å². The fourth-order valence-electron chi connectivity index (χ4n) is 6.59. The first-order valence-electron chi connectivity index (χ1n) is 15.8. The normalized spacial score (nSPS) is 19.4. The minimum Gasteiger partial charge on any atom is -0.436 e. The number of ether oxygens (including phenoxy) is 1. The van der Waals surface area contributed by atoms with Crippen LogP contribution in [0.2, 0.25) is 0 Å². The average Bonchev–Trinajstić information content (AvgIpc) is 3.48. The van der Waals surface area contributed by atoms with Gasteiger partial charge in [-0.2, -0.15) is 0 Å². The van der Waals surface area contributed by atoms with Gasteiger partial charge in [0, 0.05) is 74.9 Å². The van der Waals surface area contributed by atoms with Crippen molar-refractivity contribution < 1.29 is 14.3 Å². The largest absolute Gasteiger partial charge is 0.436 e. The average molecular weight is 676 g/mol. The zero-order valence-corrected chi connectivity index (χ0v) is 27.0. The lowest BCUT2D eigenvalue weighted by Gasteiger charge is -2.41. The minimum absolute atomic E-state index is 0.142. The maximum atomic E-state index is 13.9. The lowest BCUT2D eigenvalue weighted by molar-refractivity contribution is -0.142. The summed E-state index contributed by atoms with van der Waals surface area (Å²) in [6.07, 6.45) is 1.70. The topological polar surface area (TPSA) is 116 Å². The summed E-state index contributed by atoms with van der Waals surface area (Å²) in [4.78, 5) is 48.9. The Morgan fingerprint density at radius 3 is 2.29 bits per heavy atom. The highest BCUT2D eigenvalue weighted by atomic mass is 79.9. The van der Waals surface area contributed by atoms with E-state index in [4.69, 9.17) is 12.6 Å². The molecule has 3 aromatic rings. The number of benzene rings is 2. The number of nitrogens with one attached hydrogen (secondary N) is 2. The molecule has 0 bridgehead atoms. The lowest BCUT2D eigenvalue weighted by atomic mass is 9.94. The Labute approximate surface area is 272 Å². The number of nitrogens with zero attached hydrogens (tertiary/aromatic N) is 5. The van der Waals surface area contributed by atoms with Crippen molar-refractivity contribution >= 4 is 41.2 Å². The molecule has 3 saturated heterocycles. The van der Waals surface area contributed by atoms with Crippen LogP contribution in [0.5, 0.6) is 0 Å². The summed E-state index contributed by atoms with van der Waals surface area (Å²) in [6.45, 7) is 6.14. The van der Waals surface area contributed by atoms with Crippen LogP contribution in [0, 0.1) is 0 Å². The molecule has 3 aliphatic heterocycles. The van der Waals surface area contributed by atoms with Crippen LogP contribution in [0.15, 0.2) is 57.8 Å². The molecule has 236 valence electrons. The molecule has 0 unspecified atom stereocenters. The molecule has 3 aliphatic rings. The first-order chi connectivity index (χ1) is 21.9. The van der Waals surface area contributed by atoms with E-state index in [-0.39, 0.29) is 24.1 Å². The van der Waals surface area contributed by atoms with Gasteiger partial charge in [-0.1, -0.05) is 63.9 Å². The van der Waals surface area contributed by atoms with Crippen molar-refractivity contribution in [3.63, 3.8) is 0 Å². The van der Waals surface area contributed by atoms with Crippen molar-refractivity contribution in [3.8, 4) is 11.4 Å². The molecular formula is C32H39BBrN7O4. The first-order valence-corrected chi connectivity index (χ1v) is 16.6. The molecule has 13 heteroatoms. The summed E-state index contributed by atoms with van der Waals surface area (Å²) < 4.78 is 8.21. The van der Waals surface area contributed by atoms with Crippen LogP contribution in [0.4, 0.5) is 4.79 Å². The second-order valence-electron chi connectivity index (χ2n) is 12.1. The number of rotatable bonds is 7. The number of piperazine rings is 1. The van der Waals surface area contributed by atoms with E-state index in [1.165, 1.54) is 4.68 Å². The lowest BCUT2D eigenvalue weighted by Crippen LogP contribution is -2.54. The number of carbonyl (C=O) groups is 2. The van der Waals surface area contributed by atoms with Crippen LogP contribution in [0.3, 0.4) is 0 Å². The highest BCUT2D eigenvalue weighted by Crippen LogP contribution is 2.24. The van der Waals surface area contributed by atoms with Gasteiger partial charge in [-0.3, -0.25) is 14.7 Å². The van der Waals surface area contributed by atoms with Gasteiger partial charge < -0.3 is 19.9 Å². The zero-order chi connectivity index (χ0) is 31.3. The van der Waals surface area contributed by atoms with Gasteiger partial charge in [0.25, 0.3) is 5.91 Å². The van der Waals surface area contributed by atoms with Gasteiger partial charge >= 0.3 is 11.8 Å². The molecule has 2 aromatic carbocycles. The van der Waals surface area contributed by atoms with Gasteiger partial charge in [-0.25, -0.2) is 14.3 Å². The number of carbonyl (C=O) groups excluding carboxylic acids is 2. The van der Waals surface area contributed by atoms with Crippen molar-refractivity contribution in [1.29, 1.82) is 0 Å². The van der Waals surface area contributed by atoms with E-state index < -0.39 is 12.2 Å². The summed E-state index contributed by atoms with van der Waals surface area (Å²) in [5.74, 6) is 0.358. The van der Waals surface area contributed by atoms with Gasteiger partial charge in [-0.05, 0) is 37.3 Å². The Bertz CT molecular complexity index is 1530. The smallest absolute Gasteiger partial charge is 0.410 e. The summed E-state index contributed by atoms with van der Waals surface area (Å²) in [5, 5.41) is 7.94. The molecule has 3 fully saturated rings. The molecule has 4 heterocycles. The standard InChI is InChI=1S/C32H39BBrN7O4/c33-26-7-6-22(20-27(26)34)21-28(30(42)39-14-8-24(9-15-39)38-18-12-35-13-19-38)45-32(44)40-16-10-25(11-17-40)41-31(43)36-29(37-41)23-4-2-1-3-5-23/h1-7,20,24-25,28,35H,8-19,21H2,(H,36,37,43)/t28-/m1/s1. The van der Waals surface area contributed by atoms with Gasteiger partial charge in [0.15, 0.2) is 11.9 Å². The van der Waals surface area contributed by atoms with Crippen molar-refractivity contribution in [2.24, 2.45) is 0 Å². The number of amides is 2. The maximum Gasteiger partial charge on any atom is 0.410 e. The molecule has 1 atom stereocenters. The van der Waals surface area contributed by atoms with E-state index in [0.29, 0.717) is 56.3 Å². The van der Waals surface area contributed by atoms with Crippen LogP contribution in [0.1, 0.15) is 37.3 Å². The van der Waals surface area contributed by atoms with E-state index in [1.54, 1.807) is 11.0 Å². The molecule has 2 radical (unpaired) electrons. The SMILES string of the molecule is [B]c1ccc(C[C@@H](OC(=O)N2CCC(n3nc(-c4ccccc4)[nH]c3=O)CC2)C(=O)N2CCC(N3CCNCC3)CC2)cc1Br. The third kappa shape index (κ3) is 7.53. The number of likely N-dealkylation sites (tertiary alicyclic amines) is 2. The Balaban J connectivity index is 1.09. The van der Waals surface area contributed by atoms with E-state index in [1.807, 2.05) is 47.4 Å². The Morgan fingerprint density at radius 1 is 0.933 bits per heavy atom. The molecule has 2 amide bonds. The monoisotopic (exact) mass is 675 g/mol. The maximum absolute atomic E-state index is 13.9. The number of hydrogen-bond acceptors (Lipinski definition) is 7. The van der Waals surface area contributed by atoms with E-state index in [2.05, 4.69) is 36.2 Å². The van der Waals surface area contributed by atoms with Crippen LogP contribution in [-0.2, 0) is 16.0 Å². The fourth-order valence-corrected chi connectivity index (χ4v) is 7.02. The number of aromatic amines is 1. The Kier molecular flexibility index (Phi) is 10.1. The molecule has 0 aliphatic carbocycles. The highest BCUT2D eigenvalue weighted by Gasteiger charge is 2.35. The van der Waals surface area contributed by atoms with Gasteiger partial charge in [0.05, 0.1) is 6.04 Å². The Hall–Kier alpha value is -3.42. The number of aromatic nitrogens is 3. The summed E-state index contributed by atoms with van der Waals surface area (Å²) >= 11 is 3.47. The van der Waals surface area contributed by atoms with Crippen molar-refractivity contribution in [2.45, 2.75) is 50.3 Å². The van der Waals surface area contributed by atoms with E-state index in [0.717, 1.165) is 54.6 Å². The fraction of sp³-hybridized carbons (Fsp3) is 0.500. The molecular weight excluding hydrogens is 637 g/mol. The number of hydrogen-bond donors (Lipinski definition) is 2. The summed E-state index contributed by atoms with van der Waals surface area (Å²) in [5.41, 5.74) is 2.02. The second-order valence-corrected chi connectivity index (χ2v) is 12.9. The van der Waals surface area contributed by atoms with E-state index in [9.17, 15) is 14.4 Å². The third-order valence-electron chi connectivity index (χ3n) is 9.21. The van der Waals surface area contributed by atoms with Gasteiger partial charge in [0.2, 0.25) is 0 Å². The predicted molar refractivity (Wildman–Crippen MR) is 176 cm³/mol. The second kappa shape index (κ2) is 14.3. The van der Waals surface area contributed by atoms with Crippen molar-refractivity contribution in [2.75, 3.05) is 52.4 Å². The van der Waals surface area contributed by atoms with Crippen molar-refractivity contribution in [3.05, 3.63) is 69.1 Å². The molecule has 2 N–H and O–H groups in total. The highest BCUT2D eigenvalue weighted by molar-refractivity contribution is 9.10. The molecule has 6 rings (SSSR count). The van der Waals surface area contributed by atoms with Crippen LogP contribution in [-0.4, -0.2) is 114 Å². The molecule has 0 saturated carbocycles. The molecule has 11 nitrogen and oxygen atoms in total. The van der Waals surface area contributed by atoms with Crippen molar-refractivity contribution in [1.82, 2.24) is 34.8 Å². The zero-order valence-electron chi connectivity index (χ0n) is 25.4. The third-order valence-corrected chi connectivity index (χ3v) is 9.89. The van der Waals surface area contributed by atoms with Crippen LogP contribution >= 0.6 is 15.9 Å². The number of H-pyrrole nitrogens is 1. The quantitative estimate of drug-likeness (QED) is 0.369. The van der Waals surface area contributed by atoms with Gasteiger partial charge in [-0.15, -0.1) is 5.10 Å². The summed E-state index contributed by atoms with van der Waals surface area (Å²) in [7, 11) is 5.99. The molecule has 45 heavy (non-hydrogen) atoms. The molecule has 1 aromatic heterocycles. The Morgan fingerprint density at radius 2 is 1.60 bits per heavy atom.